The second-order valence-electron chi connectivity index (χ2n) is 10.7. The maximum Gasteiger partial charge on any atom is 0.344 e. The minimum atomic E-state index is -1.91. The predicted octanol–water partition coefficient (Wildman–Crippen LogP) is 1.17. The lowest BCUT2D eigenvalue weighted by molar-refractivity contribution is -0.319. The lowest BCUT2D eigenvalue weighted by atomic mass is 9.52. The van der Waals surface area contributed by atoms with Crippen LogP contribution in [0.2, 0.25) is 0 Å². The maximum atomic E-state index is 13.4. The van der Waals surface area contributed by atoms with Crippen molar-refractivity contribution in [2.75, 3.05) is 6.61 Å². The highest BCUT2D eigenvalue weighted by atomic mass is 35.5. The molecule has 11 nitrogen and oxygen atoms in total. The molecule has 10 atom stereocenters. The third kappa shape index (κ3) is 4.06. The number of ketones is 1. The Labute approximate surface area is 224 Å². The molecule has 3 fully saturated rings. The van der Waals surface area contributed by atoms with Crippen LogP contribution in [-0.4, -0.2) is 82.4 Å². The molecule has 4 aliphatic rings. The number of alkyl halides is 1. The van der Waals surface area contributed by atoms with E-state index in [4.69, 9.17) is 35.3 Å². The highest BCUT2D eigenvalue weighted by molar-refractivity contribution is 6.23. The summed E-state index contributed by atoms with van der Waals surface area (Å²) in [6.07, 6.45) is -2.28. The van der Waals surface area contributed by atoms with E-state index in [9.17, 15) is 29.1 Å². The molecule has 0 saturated carbocycles. The summed E-state index contributed by atoms with van der Waals surface area (Å²) in [6.45, 7) is 10.0. The second kappa shape index (κ2) is 9.46. The highest BCUT2D eigenvalue weighted by Gasteiger charge is 2.77. The van der Waals surface area contributed by atoms with Gasteiger partial charge in [-0.05, 0) is 26.3 Å². The van der Waals surface area contributed by atoms with Gasteiger partial charge in [0, 0.05) is 19.3 Å². The summed E-state index contributed by atoms with van der Waals surface area (Å²) in [6, 6.07) is 0. The van der Waals surface area contributed by atoms with Crippen molar-refractivity contribution >= 4 is 41.3 Å². The van der Waals surface area contributed by atoms with Crippen LogP contribution in [0, 0.1) is 17.3 Å². The average molecular weight is 555 g/mol. The van der Waals surface area contributed by atoms with E-state index in [2.05, 4.69) is 6.58 Å². The number of carbonyl (C=O) groups excluding carboxylic acids is 5. The van der Waals surface area contributed by atoms with Crippen LogP contribution in [0.5, 0.6) is 0 Å². The molecule has 0 radical (unpaired) electrons. The topological polar surface area (TPSA) is 152 Å². The summed E-state index contributed by atoms with van der Waals surface area (Å²) in [5, 5.41) is 10.3. The van der Waals surface area contributed by atoms with Gasteiger partial charge in [-0.2, -0.15) is 0 Å². The first-order chi connectivity index (χ1) is 17.6. The third-order valence-corrected chi connectivity index (χ3v) is 8.78. The van der Waals surface area contributed by atoms with Gasteiger partial charge in [-0.1, -0.05) is 25.2 Å². The molecule has 1 aliphatic carbocycles. The van der Waals surface area contributed by atoms with Gasteiger partial charge < -0.3 is 28.8 Å². The zero-order chi connectivity index (χ0) is 28.4. The van der Waals surface area contributed by atoms with Crippen LogP contribution in [0.3, 0.4) is 0 Å². The predicted molar refractivity (Wildman–Crippen MR) is 128 cm³/mol. The van der Waals surface area contributed by atoms with Gasteiger partial charge in [0.25, 0.3) is 0 Å². The number of aliphatic hydroxyl groups excluding tert-OH is 1. The van der Waals surface area contributed by atoms with Crippen LogP contribution < -0.4 is 0 Å². The van der Waals surface area contributed by atoms with E-state index >= 15 is 0 Å². The van der Waals surface area contributed by atoms with Crippen molar-refractivity contribution < 1.29 is 52.8 Å². The molecule has 2 bridgehead atoms. The summed E-state index contributed by atoms with van der Waals surface area (Å²) in [4.78, 5) is 63.1. The molecule has 3 saturated heterocycles. The molecule has 3 heterocycles. The maximum absolute atomic E-state index is 13.4. The minimum absolute atomic E-state index is 0.0113. The van der Waals surface area contributed by atoms with Gasteiger partial charge in [0.2, 0.25) is 0 Å². The van der Waals surface area contributed by atoms with Crippen molar-refractivity contribution in [2.45, 2.75) is 82.0 Å². The summed E-state index contributed by atoms with van der Waals surface area (Å²) in [7, 11) is 0. The fourth-order valence-corrected chi connectivity index (χ4v) is 6.89. The van der Waals surface area contributed by atoms with E-state index < -0.39 is 94.5 Å². The first-order valence-electron chi connectivity index (χ1n) is 12.2. The average Bonchev–Trinajstić information content (AvgIpc) is 3.06. The van der Waals surface area contributed by atoms with Gasteiger partial charge in [0.15, 0.2) is 29.7 Å². The van der Waals surface area contributed by atoms with Crippen LogP contribution >= 0.6 is 11.6 Å². The standard InChI is InChI=1S/C26H31ClO11/c1-11-9-15(30)20-24(5)8-7-16(31)25(6,37-14(4)29)19(24)22(35-17(32)10-34-13(3)28)26(38-20)12(2)23(33)36-21(26)18(11)27/h7-8,12,15,18-22,30H,1,9-10H2,2-6H3/t12-,15+,18-,19+,20+,21-,22-,24-,25+,26-/m0/s1. The van der Waals surface area contributed by atoms with Gasteiger partial charge in [-0.3, -0.25) is 19.2 Å². The lowest BCUT2D eigenvalue weighted by Gasteiger charge is -2.63. The van der Waals surface area contributed by atoms with Crippen molar-refractivity contribution in [2.24, 2.45) is 17.3 Å². The first kappa shape index (κ1) is 28.3. The molecule has 0 unspecified atom stereocenters. The number of aliphatic hydroxyl groups is 1. The van der Waals surface area contributed by atoms with Crippen LogP contribution in [-0.2, 0) is 47.7 Å². The Bertz CT molecular complexity index is 1130. The molecule has 38 heavy (non-hydrogen) atoms. The number of carbonyl (C=O) groups is 5. The van der Waals surface area contributed by atoms with Crippen LogP contribution in [0.4, 0.5) is 0 Å². The van der Waals surface area contributed by atoms with Crippen molar-refractivity contribution in [1.82, 2.24) is 0 Å². The molecule has 0 amide bonds. The van der Waals surface area contributed by atoms with E-state index in [1.807, 2.05) is 0 Å². The molecule has 12 heteroatoms. The van der Waals surface area contributed by atoms with E-state index in [0.717, 1.165) is 13.8 Å². The number of ether oxygens (including phenoxy) is 5. The lowest BCUT2D eigenvalue weighted by Crippen LogP contribution is -2.77. The van der Waals surface area contributed by atoms with Crippen LogP contribution in [0.25, 0.3) is 0 Å². The van der Waals surface area contributed by atoms with Gasteiger partial charge in [-0.15, -0.1) is 11.6 Å². The van der Waals surface area contributed by atoms with Crippen molar-refractivity contribution in [3.8, 4) is 0 Å². The summed E-state index contributed by atoms with van der Waals surface area (Å²) in [5.41, 5.74) is -4.65. The number of rotatable bonds is 4. The van der Waals surface area contributed by atoms with Crippen molar-refractivity contribution in [1.29, 1.82) is 0 Å². The zero-order valence-corrected chi connectivity index (χ0v) is 22.5. The third-order valence-electron chi connectivity index (χ3n) is 8.24. The largest absolute Gasteiger partial charge is 0.457 e. The monoisotopic (exact) mass is 554 g/mol. The Kier molecular flexibility index (Phi) is 7.03. The Balaban J connectivity index is 2.00. The highest BCUT2D eigenvalue weighted by Crippen LogP contribution is 2.61. The molecular weight excluding hydrogens is 524 g/mol. The summed E-state index contributed by atoms with van der Waals surface area (Å²) < 4.78 is 28.6. The van der Waals surface area contributed by atoms with Gasteiger partial charge in [0.05, 0.1) is 29.4 Å². The van der Waals surface area contributed by atoms with E-state index in [1.54, 1.807) is 6.92 Å². The number of esters is 4. The smallest absolute Gasteiger partial charge is 0.344 e. The molecular formula is C26H31ClO11. The first-order valence-corrected chi connectivity index (χ1v) is 12.7. The Hall–Kier alpha value is -2.76. The summed E-state index contributed by atoms with van der Waals surface area (Å²) >= 11 is 6.74. The fourth-order valence-electron chi connectivity index (χ4n) is 6.55. The number of hydrogen-bond acceptors (Lipinski definition) is 11. The molecule has 3 aliphatic heterocycles. The molecule has 0 aromatic rings. The van der Waals surface area contributed by atoms with Crippen molar-refractivity contribution in [3.63, 3.8) is 0 Å². The van der Waals surface area contributed by atoms with E-state index in [1.165, 1.54) is 26.0 Å². The van der Waals surface area contributed by atoms with Gasteiger partial charge in [-0.25, -0.2) is 4.79 Å². The molecule has 208 valence electrons. The number of hydrogen-bond donors (Lipinski definition) is 1. The quantitative estimate of drug-likeness (QED) is 0.231. The van der Waals surface area contributed by atoms with Crippen molar-refractivity contribution in [3.05, 3.63) is 24.3 Å². The number of fused-ring (bicyclic) bond motifs is 3. The summed E-state index contributed by atoms with van der Waals surface area (Å²) in [5.74, 6) is -6.11. The SMILES string of the molecule is C=C1C[C@@H](O)[C@H]2O[C@]3([C@@H](C)C(=O)O[C@H]3[C@H]1Cl)[C@@H](OC(=O)COC(C)=O)[C@@H]1[C@]2(C)C=CC(=O)[C@@]1(C)OC(C)=O. The minimum Gasteiger partial charge on any atom is -0.457 e. The fraction of sp³-hybridized carbons (Fsp3) is 0.654. The Morgan fingerprint density at radius 3 is 2.45 bits per heavy atom. The molecule has 4 rings (SSSR count). The molecule has 0 aromatic heterocycles. The molecule has 1 spiro atoms. The molecule has 1 N–H and O–H groups in total. The van der Waals surface area contributed by atoms with Crippen LogP contribution in [0.15, 0.2) is 24.3 Å². The van der Waals surface area contributed by atoms with Crippen LogP contribution in [0.1, 0.15) is 41.0 Å². The van der Waals surface area contributed by atoms with Gasteiger partial charge >= 0.3 is 23.9 Å². The van der Waals surface area contributed by atoms with E-state index in [-0.39, 0.29) is 6.42 Å². The Morgan fingerprint density at radius 2 is 1.84 bits per heavy atom. The van der Waals surface area contributed by atoms with Gasteiger partial charge in [0.1, 0.15) is 6.10 Å². The molecule has 0 aromatic carbocycles. The second-order valence-corrected chi connectivity index (χ2v) is 11.2. The Morgan fingerprint density at radius 1 is 1.18 bits per heavy atom. The zero-order valence-electron chi connectivity index (χ0n) is 21.7. The number of halogens is 1. The van der Waals surface area contributed by atoms with E-state index in [0.29, 0.717) is 5.57 Å². The normalized spacial score (nSPS) is 43.7.